The number of amides is 1. The molecular formula is C21H21N5O2S2. The molecule has 154 valence electrons. The highest BCUT2D eigenvalue weighted by molar-refractivity contribution is 8.00. The Hall–Kier alpha value is -2.78. The number of nitrogens with zero attached hydrogens (tertiary/aromatic N) is 4. The lowest BCUT2D eigenvalue weighted by molar-refractivity contribution is 0.0997. The molecule has 0 aliphatic rings. The van der Waals surface area contributed by atoms with Crippen LogP contribution in [0.1, 0.15) is 52.4 Å². The summed E-state index contributed by atoms with van der Waals surface area (Å²) in [5.41, 5.74) is 2.31. The summed E-state index contributed by atoms with van der Waals surface area (Å²) >= 11 is 3.07. The maximum absolute atomic E-state index is 13.1. The van der Waals surface area contributed by atoms with Crippen molar-refractivity contribution in [1.29, 1.82) is 0 Å². The Morgan fingerprint density at radius 2 is 2.00 bits per heavy atom. The molecule has 0 unspecified atom stereocenters. The zero-order valence-corrected chi connectivity index (χ0v) is 18.7. The molecule has 1 aromatic carbocycles. The minimum atomic E-state index is -0.331. The summed E-state index contributed by atoms with van der Waals surface area (Å²) in [5, 5.41) is 12.9. The predicted molar refractivity (Wildman–Crippen MR) is 119 cm³/mol. The molecule has 3 aromatic heterocycles. The summed E-state index contributed by atoms with van der Waals surface area (Å²) in [7, 11) is 0. The van der Waals surface area contributed by atoms with E-state index < -0.39 is 0 Å². The number of nitrogens with one attached hydrogen (secondary N) is 1. The van der Waals surface area contributed by atoms with E-state index in [1.807, 2.05) is 52.0 Å². The van der Waals surface area contributed by atoms with Crippen molar-refractivity contribution in [3.05, 3.63) is 58.2 Å². The van der Waals surface area contributed by atoms with Crippen LogP contribution in [0, 0.1) is 13.8 Å². The Morgan fingerprint density at radius 1 is 1.20 bits per heavy atom. The van der Waals surface area contributed by atoms with Crippen LogP contribution in [-0.2, 0) is 5.75 Å². The molecule has 0 saturated heterocycles. The number of furan rings is 1. The predicted octanol–water partition coefficient (Wildman–Crippen LogP) is 5.36. The van der Waals surface area contributed by atoms with Crippen LogP contribution in [0.4, 0.5) is 5.82 Å². The number of carbonyl (C=O) groups is 1. The van der Waals surface area contributed by atoms with Crippen LogP contribution in [0.5, 0.6) is 0 Å². The van der Waals surface area contributed by atoms with E-state index in [1.54, 1.807) is 6.07 Å². The molecule has 0 spiro atoms. The second-order valence-electron chi connectivity index (χ2n) is 7.14. The van der Waals surface area contributed by atoms with Gasteiger partial charge >= 0.3 is 0 Å². The van der Waals surface area contributed by atoms with Crippen molar-refractivity contribution in [1.82, 2.24) is 20.2 Å². The summed E-state index contributed by atoms with van der Waals surface area (Å²) in [4.78, 5) is 22.0. The largest absolute Gasteiger partial charge is 0.451 e. The summed E-state index contributed by atoms with van der Waals surface area (Å²) < 4.78 is 6.79. The molecule has 9 heteroatoms. The quantitative estimate of drug-likeness (QED) is 0.404. The Bertz CT molecular complexity index is 1220. The van der Waals surface area contributed by atoms with E-state index in [1.165, 1.54) is 23.1 Å². The van der Waals surface area contributed by atoms with Crippen molar-refractivity contribution in [3.63, 3.8) is 0 Å². The van der Waals surface area contributed by atoms with Crippen LogP contribution in [-0.4, -0.2) is 26.1 Å². The Labute approximate surface area is 182 Å². The summed E-state index contributed by atoms with van der Waals surface area (Å²) in [6.07, 6.45) is 0. The van der Waals surface area contributed by atoms with E-state index in [-0.39, 0.29) is 17.6 Å². The van der Waals surface area contributed by atoms with E-state index in [2.05, 4.69) is 25.5 Å². The van der Waals surface area contributed by atoms with Crippen molar-refractivity contribution in [2.24, 2.45) is 0 Å². The molecule has 3 heterocycles. The molecule has 30 heavy (non-hydrogen) atoms. The van der Waals surface area contributed by atoms with Gasteiger partial charge in [-0.25, -0.2) is 9.97 Å². The molecule has 0 radical (unpaired) electrons. The third-order valence-electron chi connectivity index (χ3n) is 4.38. The second-order valence-corrected chi connectivity index (χ2v) is 9.55. The molecule has 0 aliphatic carbocycles. The molecule has 1 amide bonds. The molecule has 0 bridgehead atoms. The first-order valence-electron chi connectivity index (χ1n) is 9.51. The average Bonchev–Trinajstić information content (AvgIpc) is 3.29. The van der Waals surface area contributed by atoms with E-state index >= 15 is 0 Å². The number of aryl methyl sites for hydroxylation is 2. The van der Waals surface area contributed by atoms with Gasteiger partial charge in [-0.2, -0.15) is 0 Å². The maximum Gasteiger partial charge on any atom is 0.292 e. The third-order valence-corrected chi connectivity index (χ3v) is 6.38. The second kappa shape index (κ2) is 8.53. The summed E-state index contributed by atoms with van der Waals surface area (Å²) in [6, 6.07) is 9.40. The molecule has 0 fully saturated rings. The highest BCUT2D eigenvalue weighted by Crippen LogP contribution is 2.33. The molecule has 7 nitrogen and oxygen atoms in total. The van der Waals surface area contributed by atoms with E-state index in [0.717, 1.165) is 26.0 Å². The van der Waals surface area contributed by atoms with Crippen LogP contribution < -0.4 is 5.32 Å². The van der Waals surface area contributed by atoms with Crippen LogP contribution in [0.25, 0.3) is 11.0 Å². The van der Waals surface area contributed by atoms with Crippen molar-refractivity contribution in [3.8, 4) is 0 Å². The number of carbonyl (C=O) groups excluding carboxylic acids is 1. The highest BCUT2D eigenvalue weighted by atomic mass is 32.2. The number of fused-ring (bicyclic) bond motifs is 1. The first-order chi connectivity index (χ1) is 14.4. The first-order valence-corrected chi connectivity index (χ1v) is 11.3. The molecule has 0 atom stereocenters. The zero-order chi connectivity index (χ0) is 21.3. The van der Waals surface area contributed by atoms with Gasteiger partial charge in [0.05, 0.1) is 0 Å². The van der Waals surface area contributed by atoms with Gasteiger partial charge in [-0.05, 0) is 19.9 Å². The monoisotopic (exact) mass is 439 g/mol. The molecule has 4 aromatic rings. The van der Waals surface area contributed by atoms with Crippen LogP contribution in [0.3, 0.4) is 0 Å². The molecule has 0 saturated carbocycles. The van der Waals surface area contributed by atoms with Gasteiger partial charge in [0.2, 0.25) is 0 Å². The van der Waals surface area contributed by atoms with Gasteiger partial charge in [-0.3, -0.25) is 4.79 Å². The summed E-state index contributed by atoms with van der Waals surface area (Å²) in [5.74, 6) is 1.82. The highest BCUT2D eigenvalue weighted by Gasteiger charge is 2.22. The standard InChI is InChI=1S/C21H21N5O2S2/c1-11(2)19-22-12(3)9-17(23-19)24-20(27)18-15(10-29-21-26-25-13(4)30-21)14-7-5-6-8-16(14)28-18/h5-9,11H,10H2,1-4H3,(H,22,23,24,27). The van der Waals surface area contributed by atoms with Gasteiger partial charge in [-0.1, -0.05) is 55.1 Å². The molecule has 1 N–H and O–H groups in total. The minimum Gasteiger partial charge on any atom is -0.451 e. The SMILES string of the molecule is Cc1cc(NC(=O)c2oc3ccccc3c2CSc2nnc(C)s2)nc(C(C)C)n1. The topological polar surface area (TPSA) is 93.8 Å². The number of benzene rings is 1. The van der Waals surface area contributed by atoms with Gasteiger partial charge in [-0.15, -0.1) is 10.2 Å². The van der Waals surface area contributed by atoms with Crippen LogP contribution in [0.15, 0.2) is 39.1 Å². The average molecular weight is 440 g/mol. The smallest absolute Gasteiger partial charge is 0.292 e. The number of rotatable bonds is 6. The van der Waals surface area contributed by atoms with Crippen LogP contribution in [0.2, 0.25) is 0 Å². The molecule has 4 rings (SSSR count). The first kappa shape index (κ1) is 20.5. The summed E-state index contributed by atoms with van der Waals surface area (Å²) in [6.45, 7) is 7.84. The fourth-order valence-electron chi connectivity index (χ4n) is 2.98. The number of para-hydroxylation sites is 1. The van der Waals surface area contributed by atoms with Crippen molar-refractivity contribution < 1.29 is 9.21 Å². The number of hydrogen-bond acceptors (Lipinski definition) is 8. The Balaban J connectivity index is 1.65. The molecule has 0 aliphatic heterocycles. The van der Waals surface area contributed by atoms with Gasteiger partial charge in [0.1, 0.15) is 22.2 Å². The number of anilines is 1. The van der Waals surface area contributed by atoms with Gasteiger partial charge < -0.3 is 9.73 Å². The normalized spacial score (nSPS) is 11.4. The van der Waals surface area contributed by atoms with E-state index in [0.29, 0.717) is 23.0 Å². The van der Waals surface area contributed by atoms with Gasteiger partial charge in [0.15, 0.2) is 10.1 Å². The number of thioether (sulfide) groups is 1. The van der Waals surface area contributed by atoms with Crippen molar-refractivity contribution in [2.45, 2.75) is 43.7 Å². The maximum atomic E-state index is 13.1. The molecular weight excluding hydrogens is 418 g/mol. The number of aromatic nitrogens is 4. The van der Waals surface area contributed by atoms with Crippen molar-refractivity contribution in [2.75, 3.05) is 5.32 Å². The van der Waals surface area contributed by atoms with E-state index in [4.69, 9.17) is 4.42 Å². The van der Waals surface area contributed by atoms with E-state index in [9.17, 15) is 4.79 Å². The fraction of sp³-hybridized carbons (Fsp3) is 0.286. The third kappa shape index (κ3) is 4.36. The Morgan fingerprint density at radius 3 is 2.73 bits per heavy atom. The lowest BCUT2D eigenvalue weighted by Gasteiger charge is -2.09. The lowest BCUT2D eigenvalue weighted by Crippen LogP contribution is -2.15. The van der Waals surface area contributed by atoms with Crippen LogP contribution >= 0.6 is 23.1 Å². The minimum absolute atomic E-state index is 0.161. The van der Waals surface area contributed by atoms with Crippen molar-refractivity contribution >= 4 is 45.8 Å². The van der Waals surface area contributed by atoms with Gasteiger partial charge in [0.25, 0.3) is 5.91 Å². The number of hydrogen-bond donors (Lipinski definition) is 1. The lowest BCUT2D eigenvalue weighted by atomic mass is 10.1. The zero-order valence-electron chi connectivity index (χ0n) is 17.1. The van der Waals surface area contributed by atoms with Gasteiger partial charge in [0, 0.05) is 34.4 Å². The Kier molecular flexibility index (Phi) is 5.83. The fourth-order valence-corrected chi connectivity index (χ4v) is 4.83.